The molecule has 1 heterocycles. The lowest BCUT2D eigenvalue weighted by Crippen LogP contribution is -2.52. The summed E-state index contributed by atoms with van der Waals surface area (Å²) in [4.78, 5) is 13.4. The minimum Gasteiger partial charge on any atom is -0.341 e. The lowest BCUT2D eigenvalue weighted by Gasteiger charge is -2.39. The minimum atomic E-state index is -2.61. The Labute approximate surface area is 87.6 Å². The number of amides is 1. The van der Waals surface area contributed by atoms with Crippen LogP contribution >= 0.6 is 0 Å². The molecule has 5 heteroatoms. The van der Waals surface area contributed by atoms with Gasteiger partial charge in [-0.3, -0.25) is 4.79 Å². The van der Waals surface area contributed by atoms with Gasteiger partial charge < -0.3 is 10.6 Å². The molecule has 1 aliphatic carbocycles. The molecule has 1 aliphatic heterocycles. The number of carbonyl (C=O) groups excluding carboxylic acids is 1. The summed E-state index contributed by atoms with van der Waals surface area (Å²) in [6, 6.07) is 0.0169. The highest BCUT2D eigenvalue weighted by Crippen LogP contribution is 2.43. The number of carbonyl (C=O) groups is 1. The van der Waals surface area contributed by atoms with Crippen molar-refractivity contribution >= 4 is 5.91 Å². The standard InChI is InChI=1S/C10H16F2N2O/c11-10(12)4-7(5-10)9(15)14-3-1-2-8(13)6-14/h7-8H,1-6,13H2/t8-/m0/s1. The van der Waals surface area contributed by atoms with E-state index < -0.39 is 11.8 Å². The summed E-state index contributed by atoms with van der Waals surface area (Å²) in [6.45, 7) is 1.20. The first-order valence-corrected chi connectivity index (χ1v) is 5.40. The first-order valence-electron chi connectivity index (χ1n) is 5.40. The van der Waals surface area contributed by atoms with Crippen molar-refractivity contribution in [3.8, 4) is 0 Å². The zero-order valence-corrected chi connectivity index (χ0v) is 8.59. The van der Waals surface area contributed by atoms with Gasteiger partial charge in [-0.25, -0.2) is 8.78 Å². The van der Waals surface area contributed by atoms with E-state index in [1.165, 1.54) is 0 Å². The predicted molar refractivity (Wildman–Crippen MR) is 51.5 cm³/mol. The molecule has 1 saturated carbocycles. The van der Waals surface area contributed by atoms with E-state index >= 15 is 0 Å². The van der Waals surface area contributed by atoms with Crippen LogP contribution in [0.1, 0.15) is 25.7 Å². The molecule has 86 valence electrons. The summed E-state index contributed by atoms with van der Waals surface area (Å²) >= 11 is 0. The molecule has 1 amide bonds. The Kier molecular flexibility index (Phi) is 2.66. The molecule has 0 aromatic carbocycles. The molecule has 2 rings (SSSR count). The Morgan fingerprint density at radius 3 is 2.60 bits per heavy atom. The van der Waals surface area contributed by atoms with Crippen LogP contribution in [0.4, 0.5) is 8.78 Å². The SMILES string of the molecule is N[C@H]1CCCN(C(=O)C2CC(F)(F)C2)C1. The molecule has 0 bridgehead atoms. The summed E-state index contributed by atoms with van der Waals surface area (Å²) < 4.78 is 25.2. The Bertz CT molecular complexity index is 262. The first kappa shape index (κ1) is 10.8. The van der Waals surface area contributed by atoms with E-state index in [1.54, 1.807) is 4.90 Å². The number of piperidine rings is 1. The number of hydrogen-bond acceptors (Lipinski definition) is 2. The van der Waals surface area contributed by atoms with Gasteiger partial charge in [0.2, 0.25) is 11.8 Å². The third kappa shape index (κ3) is 2.27. The number of nitrogens with two attached hydrogens (primary N) is 1. The first-order chi connectivity index (χ1) is 6.98. The van der Waals surface area contributed by atoms with E-state index in [9.17, 15) is 13.6 Å². The van der Waals surface area contributed by atoms with Crippen molar-refractivity contribution < 1.29 is 13.6 Å². The van der Waals surface area contributed by atoms with Gasteiger partial charge in [0.05, 0.1) is 0 Å². The maximum atomic E-state index is 12.6. The van der Waals surface area contributed by atoms with Gasteiger partial charge in [-0.05, 0) is 12.8 Å². The van der Waals surface area contributed by atoms with E-state index in [2.05, 4.69) is 0 Å². The van der Waals surface area contributed by atoms with Gasteiger partial charge >= 0.3 is 0 Å². The molecule has 0 unspecified atom stereocenters. The second kappa shape index (κ2) is 3.70. The molecular formula is C10H16F2N2O. The van der Waals surface area contributed by atoms with Crippen molar-refractivity contribution in [2.45, 2.75) is 37.6 Å². The maximum absolute atomic E-state index is 12.6. The van der Waals surface area contributed by atoms with Crippen LogP contribution in [0.5, 0.6) is 0 Å². The average molecular weight is 218 g/mol. The lowest BCUT2D eigenvalue weighted by molar-refractivity contribution is -0.160. The van der Waals surface area contributed by atoms with Crippen molar-refractivity contribution in [1.29, 1.82) is 0 Å². The molecule has 15 heavy (non-hydrogen) atoms. The summed E-state index contributed by atoms with van der Waals surface area (Å²) in [7, 11) is 0. The van der Waals surface area contributed by atoms with Crippen LogP contribution in [-0.2, 0) is 4.79 Å². The fraction of sp³-hybridized carbons (Fsp3) is 0.900. The number of halogens is 2. The van der Waals surface area contributed by atoms with Gasteiger partial charge in [0, 0.05) is 37.9 Å². The monoisotopic (exact) mass is 218 g/mol. The molecule has 3 nitrogen and oxygen atoms in total. The van der Waals surface area contributed by atoms with Crippen molar-refractivity contribution in [2.75, 3.05) is 13.1 Å². The quantitative estimate of drug-likeness (QED) is 0.713. The molecule has 1 atom stereocenters. The molecule has 0 spiro atoms. The topological polar surface area (TPSA) is 46.3 Å². The molecule has 2 fully saturated rings. The van der Waals surface area contributed by atoms with E-state index in [1.807, 2.05) is 0 Å². The highest BCUT2D eigenvalue weighted by molar-refractivity contribution is 5.80. The third-order valence-electron chi connectivity index (χ3n) is 3.21. The fourth-order valence-corrected chi connectivity index (χ4v) is 2.30. The minimum absolute atomic E-state index is 0.0169. The van der Waals surface area contributed by atoms with Crippen molar-refractivity contribution in [3.63, 3.8) is 0 Å². The average Bonchev–Trinajstić information content (AvgIpc) is 2.13. The lowest BCUT2D eigenvalue weighted by atomic mass is 9.80. The number of nitrogens with zero attached hydrogens (tertiary/aromatic N) is 1. The zero-order valence-electron chi connectivity index (χ0n) is 8.59. The third-order valence-corrected chi connectivity index (χ3v) is 3.21. The normalized spacial score (nSPS) is 31.1. The number of alkyl halides is 2. The highest BCUT2D eigenvalue weighted by atomic mass is 19.3. The van der Waals surface area contributed by atoms with Crippen LogP contribution in [0.3, 0.4) is 0 Å². The van der Waals surface area contributed by atoms with Crippen molar-refractivity contribution in [3.05, 3.63) is 0 Å². The van der Waals surface area contributed by atoms with Crippen LogP contribution in [-0.4, -0.2) is 35.9 Å². The highest BCUT2D eigenvalue weighted by Gasteiger charge is 2.49. The molecule has 0 aromatic rings. The van der Waals surface area contributed by atoms with Gasteiger partial charge in [0.25, 0.3) is 0 Å². The molecule has 0 radical (unpaired) electrons. The van der Waals surface area contributed by atoms with E-state index in [0.717, 1.165) is 12.8 Å². The van der Waals surface area contributed by atoms with Gasteiger partial charge in [-0.15, -0.1) is 0 Å². The van der Waals surface area contributed by atoms with Gasteiger partial charge in [-0.1, -0.05) is 0 Å². The van der Waals surface area contributed by atoms with Crippen LogP contribution in [0, 0.1) is 5.92 Å². The second-order valence-corrected chi connectivity index (χ2v) is 4.65. The maximum Gasteiger partial charge on any atom is 0.249 e. The summed E-state index contributed by atoms with van der Waals surface area (Å²) in [5, 5.41) is 0. The number of hydrogen-bond donors (Lipinski definition) is 1. The Morgan fingerprint density at radius 2 is 2.07 bits per heavy atom. The van der Waals surface area contributed by atoms with E-state index in [4.69, 9.17) is 5.73 Å². The Balaban J connectivity index is 1.86. The number of rotatable bonds is 1. The van der Waals surface area contributed by atoms with Crippen LogP contribution in [0.25, 0.3) is 0 Å². The van der Waals surface area contributed by atoms with Gasteiger partial charge in [0.1, 0.15) is 0 Å². The van der Waals surface area contributed by atoms with Crippen molar-refractivity contribution in [1.82, 2.24) is 4.90 Å². The molecule has 2 N–H and O–H groups in total. The van der Waals surface area contributed by atoms with Crippen molar-refractivity contribution in [2.24, 2.45) is 11.7 Å². The Morgan fingerprint density at radius 1 is 1.40 bits per heavy atom. The predicted octanol–water partition coefficient (Wildman–Crippen LogP) is 0.981. The van der Waals surface area contributed by atoms with Gasteiger partial charge in [0.15, 0.2) is 0 Å². The molecule has 1 saturated heterocycles. The van der Waals surface area contributed by atoms with Crippen LogP contribution < -0.4 is 5.73 Å². The van der Waals surface area contributed by atoms with E-state index in [-0.39, 0.29) is 24.8 Å². The second-order valence-electron chi connectivity index (χ2n) is 4.65. The fourth-order valence-electron chi connectivity index (χ4n) is 2.30. The zero-order chi connectivity index (χ0) is 11.1. The molecule has 0 aromatic heterocycles. The summed E-state index contributed by atoms with van der Waals surface area (Å²) in [6.07, 6.45) is 1.25. The largest absolute Gasteiger partial charge is 0.341 e. The molecule has 2 aliphatic rings. The van der Waals surface area contributed by atoms with Crippen LogP contribution in [0.15, 0.2) is 0 Å². The Hall–Kier alpha value is -0.710. The summed E-state index contributed by atoms with van der Waals surface area (Å²) in [5.41, 5.74) is 5.73. The molecular weight excluding hydrogens is 202 g/mol. The number of likely N-dealkylation sites (tertiary alicyclic amines) is 1. The summed E-state index contributed by atoms with van der Waals surface area (Å²) in [5.74, 6) is -3.21. The van der Waals surface area contributed by atoms with Crippen LogP contribution in [0.2, 0.25) is 0 Å². The van der Waals surface area contributed by atoms with Gasteiger partial charge in [-0.2, -0.15) is 0 Å². The smallest absolute Gasteiger partial charge is 0.249 e. The van der Waals surface area contributed by atoms with E-state index in [0.29, 0.717) is 13.1 Å².